The molecule has 8 aromatic rings. The summed E-state index contributed by atoms with van der Waals surface area (Å²) in [4.78, 5) is 0. The van der Waals surface area contributed by atoms with E-state index in [1.54, 1.807) is 0 Å². The molecule has 1 radical (unpaired) electrons. The minimum atomic E-state index is 0. The zero-order valence-electron chi connectivity index (χ0n) is 23.3. The van der Waals surface area contributed by atoms with Crippen LogP contribution in [-0.2, 0) is 53.2 Å². The fraction of sp³-hybridized carbons (Fsp3) is 0.154. The molecule has 0 saturated heterocycles. The summed E-state index contributed by atoms with van der Waals surface area (Å²) in [6.45, 7) is 6.21. The van der Waals surface area contributed by atoms with Gasteiger partial charge in [0.25, 0.3) is 0 Å². The summed E-state index contributed by atoms with van der Waals surface area (Å²) in [5.41, 5.74) is 7.68. The van der Waals surface area contributed by atoms with Gasteiger partial charge in [0.2, 0.25) is 0 Å². The fourth-order valence-electron chi connectivity index (χ4n) is 6.33. The van der Waals surface area contributed by atoms with E-state index < -0.39 is 0 Å². The fourth-order valence-corrected chi connectivity index (χ4v) is 6.33. The van der Waals surface area contributed by atoms with Gasteiger partial charge in [0.15, 0.2) is 0 Å². The maximum atomic E-state index is 4.01. The first-order valence-electron chi connectivity index (χ1n) is 13.7. The molecule has 0 aliphatic rings. The van der Waals surface area contributed by atoms with Crippen molar-refractivity contribution in [2.45, 2.75) is 28.2 Å². The molecule has 0 unspecified atom stereocenters. The predicted molar refractivity (Wildman–Crippen MR) is 183 cm³/mol. The van der Waals surface area contributed by atoms with Crippen molar-refractivity contribution in [1.29, 1.82) is 0 Å². The third kappa shape index (κ3) is 4.91. The molecule has 0 aliphatic heterocycles. The number of para-hydroxylation sites is 2. The smallest absolute Gasteiger partial charge is 0.0568 e. The van der Waals surface area contributed by atoms with E-state index in [0.717, 1.165) is 12.0 Å². The summed E-state index contributed by atoms with van der Waals surface area (Å²) >= 11 is 0. The third-order valence-corrected chi connectivity index (χ3v) is 8.30. The average molecular weight is 625 g/mol. The molecular weight excluding hydrogens is 585 g/mol. The van der Waals surface area contributed by atoms with Crippen LogP contribution in [0.25, 0.3) is 65.2 Å². The first-order chi connectivity index (χ1) is 19.0. The number of aryl methyl sites for hydroxylation is 3. The molecule has 8 rings (SSSR count). The molecule has 0 spiro atoms. The summed E-state index contributed by atoms with van der Waals surface area (Å²) in [6, 6.07) is 39.4. The molecule has 0 fully saturated rings. The average Bonchev–Trinajstić information content (AvgIpc) is 3.44. The van der Waals surface area contributed by atoms with Crippen molar-refractivity contribution in [2.24, 2.45) is 14.1 Å². The second-order valence-corrected chi connectivity index (χ2v) is 10.5. The van der Waals surface area contributed by atoms with Gasteiger partial charge in [0.05, 0.1) is 11.0 Å². The predicted octanol–water partition coefficient (Wildman–Crippen LogP) is 11.0. The topological polar surface area (TPSA) is 9.86 Å². The van der Waals surface area contributed by atoms with Gasteiger partial charge in [-0.05, 0) is 34.9 Å². The Morgan fingerprint density at radius 1 is 0.524 bits per heavy atom. The Labute approximate surface area is 274 Å². The number of nitrogens with zero attached hydrogens (tertiary/aromatic N) is 2. The number of hydrogen-bond donors (Lipinski definition) is 0. The van der Waals surface area contributed by atoms with Gasteiger partial charge in [-0.25, -0.2) is 0 Å². The van der Waals surface area contributed by atoms with E-state index >= 15 is 0 Å². The molecule has 209 valence electrons. The van der Waals surface area contributed by atoms with Gasteiger partial charge in [-0.3, -0.25) is 0 Å². The second kappa shape index (κ2) is 12.3. The van der Waals surface area contributed by atoms with Crippen molar-refractivity contribution in [2.75, 3.05) is 0 Å². The van der Waals surface area contributed by atoms with Crippen molar-refractivity contribution in [1.82, 2.24) is 9.13 Å². The van der Waals surface area contributed by atoms with Crippen molar-refractivity contribution >= 4 is 65.2 Å². The number of rotatable bonds is 1. The molecule has 2 heterocycles. The molecule has 3 heteroatoms. The molecule has 6 aromatic carbocycles. The summed E-state index contributed by atoms with van der Waals surface area (Å²) in [5, 5.41) is 10.6. The molecule has 0 atom stereocenters. The normalized spacial score (nSPS) is 10.8. The van der Waals surface area contributed by atoms with Crippen LogP contribution in [0.4, 0.5) is 0 Å². The molecule has 0 aliphatic carbocycles. The van der Waals surface area contributed by atoms with Crippen molar-refractivity contribution in [3.05, 3.63) is 127 Å². The summed E-state index contributed by atoms with van der Waals surface area (Å²) in [7, 11) is 4.31. The Kier molecular flexibility index (Phi) is 9.21. The van der Waals surface area contributed by atoms with Crippen LogP contribution in [0.1, 0.15) is 32.9 Å². The van der Waals surface area contributed by atoms with Crippen LogP contribution in [0.2, 0.25) is 0 Å². The number of benzene rings is 6. The summed E-state index contributed by atoms with van der Waals surface area (Å²) in [5.74, 6) is 0. The van der Waals surface area contributed by atoms with E-state index in [9.17, 15) is 0 Å². The largest absolute Gasteiger partial charge is 0.343 e. The monoisotopic (exact) mass is 624 g/mol. The van der Waals surface area contributed by atoms with Gasteiger partial charge in [-0.1, -0.05) is 106 Å². The molecule has 2 aromatic heterocycles. The Morgan fingerprint density at radius 2 is 0.976 bits per heavy atom. The zero-order chi connectivity index (χ0) is 26.7. The Bertz CT molecular complexity index is 2200. The molecule has 0 bridgehead atoms. The number of aromatic nitrogens is 2. The number of fused-ring (bicyclic) bond motifs is 10. The van der Waals surface area contributed by atoms with E-state index in [2.05, 4.69) is 146 Å². The van der Waals surface area contributed by atoms with Crippen molar-refractivity contribution in [3.63, 3.8) is 0 Å². The molecule has 0 N–H and O–H groups in total. The van der Waals surface area contributed by atoms with Crippen molar-refractivity contribution < 1.29 is 32.7 Å². The first kappa shape index (κ1) is 31.4. The van der Waals surface area contributed by atoms with E-state index in [-0.39, 0.29) is 47.6 Å². The standard InChI is InChI=1S/C19H17N.C18H14N.2CH4.Y/c1-3-13-8-10-15-14(12-13)9-11-17-16-6-4-5-7-18(16)20(2)19(15)17;1-12-7-9-14-13(11-12)8-10-16-15-5-3-4-6-17(15)19(2)18(14)16;;;/h4-12H,3H2,1-2H3;3-11H,1H2,2H3;2*1H4;/q;-1;;;. The zero-order valence-corrected chi connectivity index (χ0v) is 26.1. The summed E-state index contributed by atoms with van der Waals surface area (Å²) < 4.78 is 4.61. The van der Waals surface area contributed by atoms with Crippen molar-refractivity contribution in [3.8, 4) is 0 Å². The van der Waals surface area contributed by atoms with Crippen LogP contribution in [0.15, 0.2) is 109 Å². The van der Waals surface area contributed by atoms with Crippen LogP contribution >= 0.6 is 0 Å². The quantitative estimate of drug-likeness (QED) is 0.161. The maximum absolute atomic E-state index is 4.01. The Morgan fingerprint density at radius 3 is 1.50 bits per heavy atom. The molecule has 0 saturated carbocycles. The van der Waals surface area contributed by atoms with Gasteiger partial charge < -0.3 is 9.13 Å². The SMILES string of the molecule is C.C.CCc1ccc2c(ccc3c4ccccc4n(C)c23)c1.[CH2-]c1ccc2c(ccc3c4ccccc4n(C)c23)c1.[Y]. The van der Waals surface area contributed by atoms with Crippen LogP contribution in [0.3, 0.4) is 0 Å². The Hall–Kier alpha value is -3.59. The molecule has 0 amide bonds. The van der Waals surface area contributed by atoms with E-state index in [1.165, 1.54) is 70.7 Å². The Balaban J connectivity index is 0.000000180. The van der Waals surface area contributed by atoms with E-state index in [1.807, 2.05) is 0 Å². The minimum absolute atomic E-state index is 0. The first-order valence-corrected chi connectivity index (χ1v) is 13.7. The van der Waals surface area contributed by atoms with E-state index in [4.69, 9.17) is 0 Å². The van der Waals surface area contributed by atoms with Gasteiger partial charge >= 0.3 is 0 Å². The van der Waals surface area contributed by atoms with Crippen LogP contribution < -0.4 is 0 Å². The van der Waals surface area contributed by atoms with E-state index in [0.29, 0.717) is 0 Å². The van der Waals surface area contributed by atoms with Crippen LogP contribution in [0, 0.1) is 6.92 Å². The number of hydrogen-bond acceptors (Lipinski definition) is 0. The minimum Gasteiger partial charge on any atom is -0.343 e. The van der Waals surface area contributed by atoms with Gasteiger partial charge in [0.1, 0.15) is 0 Å². The molecule has 42 heavy (non-hydrogen) atoms. The second-order valence-electron chi connectivity index (χ2n) is 10.5. The molecular formula is C39H39N2Y-. The van der Waals surface area contributed by atoms with Gasteiger partial charge in [-0.15, -0.1) is 6.07 Å². The molecule has 2 nitrogen and oxygen atoms in total. The summed E-state index contributed by atoms with van der Waals surface area (Å²) in [6.07, 6.45) is 1.09. The van der Waals surface area contributed by atoms with Gasteiger partial charge in [0, 0.05) is 84.8 Å². The van der Waals surface area contributed by atoms with Crippen LogP contribution in [-0.4, -0.2) is 9.13 Å². The third-order valence-electron chi connectivity index (χ3n) is 8.30. The van der Waals surface area contributed by atoms with Crippen LogP contribution in [0.5, 0.6) is 0 Å². The van der Waals surface area contributed by atoms with Gasteiger partial charge in [-0.2, -0.15) is 24.6 Å². The maximum Gasteiger partial charge on any atom is 0.0568 e.